The van der Waals surface area contributed by atoms with Crippen LogP contribution in [-0.2, 0) is 9.63 Å². The quantitative estimate of drug-likeness (QED) is 0.457. The van der Waals surface area contributed by atoms with E-state index in [1.165, 1.54) is 0 Å². The summed E-state index contributed by atoms with van der Waals surface area (Å²) in [5.41, 5.74) is 2.49. The highest BCUT2D eigenvalue weighted by molar-refractivity contribution is 5.87. The number of aliphatic carboxylic acids is 1. The van der Waals surface area contributed by atoms with Crippen LogP contribution in [0.4, 0.5) is 0 Å². The summed E-state index contributed by atoms with van der Waals surface area (Å²) in [5, 5.41) is 16.9. The van der Waals surface area contributed by atoms with Gasteiger partial charge in [0.05, 0.1) is 6.61 Å². The van der Waals surface area contributed by atoms with E-state index in [-0.39, 0.29) is 18.9 Å². The first kappa shape index (κ1) is 7.04. The van der Waals surface area contributed by atoms with Gasteiger partial charge in [0.15, 0.2) is 0 Å². The fourth-order valence-electron chi connectivity index (χ4n) is 0.659. The number of hydrogen-bond acceptors (Lipinski definition) is 4. The zero-order chi connectivity index (χ0) is 7.56. The molecule has 0 saturated carbocycles. The maximum absolute atomic E-state index is 10.3. The molecule has 0 atom stereocenters. The minimum absolute atomic E-state index is 0.0532. The molecule has 0 aromatic rings. The third-order valence-corrected chi connectivity index (χ3v) is 1.18. The van der Waals surface area contributed by atoms with Crippen molar-refractivity contribution in [2.75, 3.05) is 13.2 Å². The number of carboxylic acid groups (broad SMARTS) is 1. The molecular formula is C5H7NO4. The topological polar surface area (TPSA) is 78.8 Å². The Kier molecular flexibility index (Phi) is 1.88. The van der Waals surface area contributed by atoms with Crippen molar-refractivity contribution in [1.82, 2.24) is 5.48 Å². The van der Waals surface area contributed by atoms with Crippen LogP contribution < -0.4 is 5.48 Å². The van der Waals surface area contributed by atoms with Gasteiger partial charge in [-0.1, -0.05) is 0 Å². The van der Waals surface area contributed by atoms with Crippen molar-refractivity contribution in [3.05, 3.63) is 11.3 Å². The summed E-state index contributed by atoms with van der Waals surface area (Å²) in [6.07, 6.45) is 0. The van der Waals surface area contributed by atoms with Crippen molar-refractivity contribution in [2.24, 2.45) is 0 Å². The smallest absolute Gasteiger partial charge is 0.354 e. The van der Waals surface area contributed by atoms with Crippen molar-refractivity contribution in [1.29, 1.82) is 0 Å². The second kappa shape index (κ2) is 2.68. The number of aliphatic hydroxyl groups is 1. The number of rotatable bonds is 2. The molecule has 1 aliphatic rings. The average molecular weight is 145 g/mol. The minimum Gasteiger partial charge on any atom is -0.477 e. The van der Waals surface area contributed by atoms with E-state index in [0.29, 0.717) is 5.57 Å². The van der Waals surface area contributed by atoms with E-state index in [1.807, 2.05) is 0 Å². The lowest BCUT2D eigenvalue weighted by Crippen LogP contribution is -2.14. The lowest BCUT2D eigenvalue weighted by Gasteiger charge is -1.94. The van der Waals surface area contributed by atoms with Crippen LogP contribution in [0, 0.1) is 0 Å². The first-order valence-electron chi connectivity index (χ1n) is 2.69. The van der Waals surface area contributed by atoms with Gasteiger partial charge in [-0.05, 0) is 0 Å². The Morgan fingerprint density at radius 3 is 2.90 bits per heavy atom. The lowest BCUT2D eigenvalue weighted by molar-refractivity contribution is -0.134. The van der Waals surface area contributed by atoms with Gasteiger partial charge in [0.2, 0.25) is 0 Å². The van der Waals surface area contributed by atoms with Crippen LogP contribution in [0.3, 0.4) is 0 Å². The molecule has 0 spiro atoms. The molecule has 0 fully saturated rings. The standard InChI is InChI=1S/C5H7NO4/c7-1-3-2-10-6-4(3)5(8)9/h6-7H,1-2H2,(H,8,9). The van der Waals surface area contributed by atoms with Gasteiger partial charge >= 0.3 is 5.97 Å². The highest BCUT2D eigenvalue weighted by Gasteiger charge is 2.19. The molecule has 1 aliphatic heterocycles. The predicted molar refractivity (Wildman–Crippen MR) is 30.8 cm³/mol. The SMILES string of the molecule is O=C(O)C1=C(CO)CON1. The molecule has 0 radical (unpaired) electrons. The summed E-state index contributed by atoms with van der Waals surface area (Å²) in [4.78, 5) is 14.8. The van der Waals surface area contributed by atoms with Gasteiger partial charge in [-0.15, -0.1) is 0 Å². The van der Waals surface area contributed by atoms with E-state index < -0.39 is 5.97 Å². The van der Waals surface area contributed by atoms with Crippen LogP contribution >= 0.6 is 0 Å². The van der Waals surface area contributed by atoms with Crippen molar-refractivity contribution >= 4 is 5.97 Å². The summed E-state index contributed by atoms with van der Waals surface area (Å²) in [7, 11) is 0. The number of carboxylic acids is 1. The van der Waals surface area contributed by atoms with E-state index in [4.69, 9.17) is 10.2 Å². The number of carbonyl (C=O) groups is 1. The zero-order valence-electron chi connectivity index (χ0n) is 5.13. The zero-order valence-corrected chi connectivity index (χ0v) is 5.13. The monoisotopic (exact) mass is 145 g/mol. The van der Waals surface area contributed by atoms with Gasteiger partial charge in [0, 0.05) is 5.57 Å². The molecule has 56 valence electrons. The minimum atomic E-state index is -1.11. The molecule has 3 N–H and O–H groups in total. The summed E-state index contributed by atoms with van der Waals surface area (Å²) in [5.74, 6) is -1.11. The predicted octanol–water partition coefficient (Wildman–Crippen LogP) is -1.15. The van der Waals surface area contributed by atoms with E-state index in [9.17, 15) is 4.79 Å². The first-order valence-corrected chi connectivity index (χ1v) is 2.69. The maximum atomic E-state index is 10.3. The Morgan fingerprint density at radius 2 is 2.50 bits per heavy atom. The van der Waals surface area contributed by atoms with Gasteiger partial charge in [-0.25, -0.2) is 4.79 Å². The van der Waals surface area contributed by atoms with Crippen LogP contribution in [-0.4, -0.2) is 29.4 Å². The lowest BCUT2D eigenvalue weighted by atomic mass is 10.2. The number of hydrogen-bond donors (Lipinski definition) is 3. The highest BCUT2D eigenvalue weighted by atomic mass is 16.7. The molecule has 5 heteroatoms. The fraction of sp³-hybridized carbons (Fsp3) is 0.400. The maximum Gasteiger partial charge on any atom is 0.354 e. The molecule has 1 heterocycles. The Balaban J connectivity index is 2.78. The molecule has 0 saturated heterocycles. The molecule has 0 unspecified atom stereocenters. The largest absolute Gasteiger partial charge is 0.477 e. The van der Waals surface area contributed by atoms with Crippen LogP contribution in [0.25, 0.3) is 0 Å². The average Bonchev–Trinajstić information content (AvgIpc) is 2.33. The molecule has 0 amide bonds. The van der Waals surface area contributed by atoms with Gasteiger partial charge in [0.25, 0.3) is 0 Å². The molecule has 5 nitrogen and oxygen atoms in total. The van der Waals surface area contributed by atoms with Crippen LogP contribution in [0.2, 0.25) is 0 Å². The molecule has 0 aromatic carbocycles. The Labute approximate surface area is 56.9 Å². The second-order valence-corrected chi connectivity index (χ2v) is 1.83. The normalized spacial score (nSPS) is 17.3. The summed E-state index contributed by atoms with van der Waals surface area (Å²) >= 11 is 0. The van der Waals surface area contributed by atoms with E-state index in [2.05, 4.69) is 10.3 Å². The van der Waals surface area contributed by atoms with Crippen molar-refractivity contribution in [2.45, 2.75) is 0 Å². The Morgan fingerprint density at radius 1 is 1.80 bits per heavy atom. The van der Waals surface area contributed by atoms with Gasteiger partial charge in [0.1, 0.15) is 12.3 Å². The highest BCUT2D eigenvalue weighted by Crippen LogP contribution is 2.07. The number of nitrogens with one attached hydrogen (secondary N) is 1. The summed E-state index contributed by atoms with van der Waals surface area (Å²) < 4.78 is 0. The molecule has 0 aromatic heterocycles. The summed E-state index contributed by atoms with van der Waals surface area (Å²) in [6, 6.07) is 0. The van der Waals surface area contributed by atoms with Crippen molar-refractivity contribution in [3.8, 4) is 0 Å². The van der Waals surface area contributed by atoms with Crippen LogP contribution in [0.5, 0.6) is 0 Å². The van der Waals surface area contributed by atoms with E-state index in [1.54, 1.807) is 0 Å². The van der Waals surface area contributed by atoms with E-state index in [0.717, 1.165) is 0 Å². The molecule has 1 rings (SSSR count). The van der Waals surface area contributed by atoms with Gasteiger partial charge in [-0.3, -0.25) is 10.3 Å². The molecular weight excluding hydrogens is 138 g/mol. The first-order chi connectivity index (χ1) is 4.75. The number of aliphatic hydroxyl groups excluding tert-OH is 1. The molecule has 0 aliphatic carbocycles. The number of hydroxylamine groups is 1. The van der Waals surface area contributed by atoms with Crippen LogP contribution in [0.1, 0.15) is 0 Å². The second-order valence-electron chi connectivity index (χ2n) is 1.83. The van der Waals surface area contributed by atoms with Crippen molar-refractivity contribution < 1.29 is 19.8 Å². The Bertz CT molecular complexity index is 186. The van der Waals surface area contributed by atoms with Crippen LogP contribution in [0.15, 0.2) is 11.3 Å². The fourth-order valence-corrected chi connectivity index (χ4v) is 0.659. The Hall–Kier alpha value is -1.07. The van der Waals surface area contributed by atoms with Crippen molar-refractivity contribution in [3.63, 3.8) is 0 Å². The third kappa shape index (κ3) is 1.09. The summed E-state index contributed by atoms with van der Waals surface area (Å²) in [6.45, 7) is -0.146. The van der Waals surface area contributed by atoms with E-state index >= 15 is 0 Å². The molecule has 0 bridgehead atoms. The van der Waals surface area contributed by atoms with Gasteiger partial charge in [-0.2, -0.15) is 0 Å². The van der Waals surface area contributed by atoms with Gasteiger partial charge < -0.3 is 10.2 Å². The molecule has 10 heavy (non-hydrogen) atoms. The third-order valence-electron chi connectivity index (χ3n) is 1.18.